The minimum Gasteiger partial charge on any atom is -0.162 e. The minimum atomic E-state index is 1.28. The minimum absolute atomic E-state index is 1.28. The molecule has 0 bridgehead atoms. The van der Waals surface area contributed by atoms with Crippen molar-refractivity contribution in [2.24, 2.45) is 0 Å². The number of thioether (sulfide) groups is 3. The fraction of sp³-hybridized carbons (Fsp3) is 1.00. The van der Waals surface area contributed by atoms with Crippen LogP contribution in [0.5, 0.6) is 0 Å². The van der Waals surface area contributed by atoms with Crippen molar-refractivity contribution < 1.29 is 0 Å². The molecule has 0 saturated heterocycles. The first-order valence-electron chi connectivity index (χ1n) is 5.65. The van der Waals surface area contributed by atoms with Gasteiger partial charge < -0.3 is 0 Å². The first-order chi connectivity index (χ1) is 6.91. The second kappa shape index (κ2) is 14.1. The zero-order chi connectivity index (χ0) is 10.5. The van der Waals surface area contributed by atoms with E-state index in [1.807, 2.05) is 0 Å². The molecule has 0 spiro atoms. The lowest BCUT2D eigenvalue weighted by molar-refractivity contribution is 1.07. The summed E-state index contributed by atoms with van der Waals surface area (Å²) in [7, 11) is 0. The average Bonchev–Trinajstić information content (AvgIpc) is 2.21. The van der Waals surface area contributed by atoms with E-state index in [1.54, 1.807) is 0 Å². The standard InChI is InChI=1S/C11H24S3/c1-3-7-13-9-6-11-14-10-5-8-12-4-2/h3-11H2,1-2H3. The molecule has 86 valence electrons. The van der Waals surface area contributed by atoms with Gasteiger partial charge >= 0.3 is 0 Å². The predicted molar refractivity (Wildman–Crippen MR) is 77.2 cm³/mol. The van der Waals surface area contributed by atoms with E-state index in [1.165, 1.54) is 53.8 Å². The van der Waals surface area contributed by atoms with Gasteiger partial charge in [0, 0.05) is 0 Å². The highest BCUT2D eigenvalue weighted by atomic mass is 32.2. The van der Waals surface area contributed by atoms with Gasteiger partial charge in [-0.1, -0.05) is 13.8 Å². The maximum atomic E-state index is 2.26. The van der Waals surface area contributed by atoms with Crippen molar-refractivity contribution in [3.05, 3.63) is 0 Å². The van der Waals surface area contributed by atoms with Crippen molar-refractivity contribution >= 4 is 35.3 Å². The molecule has 0 rings (SSSR count). The third kappa shape index (κ3) is 13.1. The van der Waals surface area contributed by atoms with Crippen molar-refractivity contribution in [3.8, 4) is 0 Å². The normalized spacial score (nSPS) is 10.7. The molecule has 0 nitrogen and oxygen atoms in total. The van der Waals surface area contributed by atoms with E-state index in [9.17, 15) is 0 Å². The maximum Gasteiger partial charge on any atom is -0.00597 e. The monoisotopic (exact) mass is 252 g/mol. The first kappa shape index (κ1) is 15.0. The average molecular weight is 253 g/mol. The van der Waals surface area contributed by atoms with Gasteiger partial charge in [-0.05, 0) is 53.8 Å². The summed E-state index contributed by atoms with van der Waals surface area (Å²) in [6.07, 6.45) is 4.12. The lowest BCUT2D eigenvalue weighted by atomic mass is 10.6. The molecule has 0 aliphatic heterocycles. The molecular formula is C11H24S3. The summed E-state index contributed by atoms with van der Waals surface area (Å²) in [4.78, 5) is 0. The van der Waals surface area contributed by atoms with E-state index in [2.05, 4.69) is 49.1 Å². The van der Waals surface area contributed by atoms with Gasteiger partial charge in [0.1, 0.15) is 0 Å². The Hall–Kier alpha value is 1.05. The molecule has 0 saturated carbocycles. The van der Waals surface area contributed by atoms with E-state index in [-0.39, 0.29) is 0 Å². The Morgan fingerprint density at radius 3 is 1.64 bits per heavy atom. The quantitative estimate of drug-likeness (QED) is 0.500. The molecule has 0 aliphatic rings. The summed E-state index contributed by atoms with van der Waals surface area (Å²) in [6, 6.07) is 0. The van der Waals surface area contributed by atoms with Crippen LogP contribution in [0.2, 0.25) is 0 Å². The molecule has 0 heterocycles. The van der Waals surface area contributed by atoms with Crippen molar-refractivity contribution in [1.82, 2.24) is 0 Å². The van der Waals surface area contributed by atoms with E-state index >= 15 is 0 Å². The molecule has 3 heteroatoms. The molecule has 0 N–H and O–H groups in total. The van der Waals surface area contributed by atoms with Gasteiger partial charge in [-0.25, -0.2) is 0 Å². The molecule has 0 unspecified atom stereocenters. The fourth-order valence-electron chi connectivity index (χ4n) is 1.02. The fourth-order valence-corrected chi connectivity index (χ4v) is 3.76. The van der Waals surface area contributed by atoms with Crippen LogP contribution in [0.3, 0.4) is 0 Å². The van der Waals surface area contributed by atoms with Crippen LogP contribution in [0.25, 0.3) is 0 Å². The molecular weight excluding hydrogens is 228 g/mol. The van der Waals surface area contributed by atoms with Crippen molar-refractivity contribution in [3.63, 3.8) is 0 Å². The summed E-state index contributed by atoms with van der Waals surface area (Å²) < 4.78 is 0. The van der Waals surface area contributed by atoms with Crippen molar-refractivity contribution in [1.29, 1.82) is 0 Å². The molecule has 0 aliphatic carbocycles. The van der Waals surface area contributed by atoms with Gasteiger partial charge in [-0.15, -0.1) is 0 Å². The third-order valence-corrected chi connectivity index (χ3v) is 5.12. The third-order valence-electron chi connectivity index (χ3n) is 1.71. The predicted octanol–water partition coefficient (Wildman–Crippen LogP) is 4.40. The number of rotatable bonds is 11. The van der Waals surface area contributed by atoms with Gasteiger partial charge in [0.2, 0.25) is 0 Å². The van der Waals surface area contributed by atoms with Gasteiger partial charge in [-0.2, -0.15) is 35.3 Å². The van der Waals surface area contributed by atoms with Gasteiger partial charge in [0.25, 0.3) is 0 Å². The highest BCUT2D eigenvalue weighted by molar-refractivity contribution is 8.00. The van der Waals surface area contributed by atoms with Crippen molar-refractivity contribution in [2.45, 2.75) is 33.1 Å². The molecule has 0 fully saturated rings. The van der Waals surface area contributed by atoms with Crippen LogP contribution in [0.4, 0.5) is 0 Å². The van der Waals surface area contributed by atoms with Crippen LogP contribution in [0, 0.1) is 0 Å². The summed E-state index contributed by atoms with van der Waals surface area (Å²) >= 11 is 6.31. The van der Waals surface area contributed by atoms with Crippen LogP contribution >= 0.6 is 35.3 Å². The van der Waals surface area contributed by atoms with Crippen molar-refractivity contribution in [2.75, 3.05) is 34.5 Å². The molecule has 0 radical (unpaired) electrons. The first-order valence-corrected chi connectivity index (χ1v) is 9.11. The highest BCUT2D eigenvalue weighted by Crippen LogP contribution is 2.11. The maximum absolute atomic E-state index is 2.26. The van der Waals surface area contributed by atoms with E-state index in [4.69, 9.17) is 0 Å². The van der Waals surface area contributed by atoms with Crippen LogP contribution in [0.15, 0.2) is 0 Å². The lowest BCUT2D eigenvalue weighted by Crippen LogP contribution is -1.89. The van der Waals surface area contributed by atoms with Gasteiger partial charge in [0.05, 0.1) is 0 Å². The second-order valence-electron chi connectivity index (χ2n) is 3.13. The molecule has 0 amide bonds. The Morgan fingerprint density at radius 2 is 1.14 bits per heavy atom. The summed E-state index contributed by atoms with van der Waals surface area (Å²) in [5.74, 6) is 8.08. The molecule has 14 heavy (non-hydrogen) atoms. The topological polar surface area (TPSA) is 0 Å². The van der Waals surface area contributed by atoms with Crippen LogP contribution in [-0.2, 0) is 0 Å². The SMILES string of the molecule is CCCSCCCSCCCSCC. The smallest absolute Gasteiger partial charge is 0.00597 e. The summed E-state index contributed by atoms with van der Waals surface area (Å²) in [5.41, 5.74) is 0. The number of hydrogen-bond donors (Lipinski definition) is 0. The largest absolute Gasteiger partial charge is 0.162 e. The second-order valence-corrected chi connectivity index (χ2v) is 6.97. The molecule has 0 atom stereocenters. The van der Waals surface area contributed by atoms with Crippen LogP contribution < -0.4 is 0 Å². The van der Waals surface area contributed by atoms with E-state index < -0.39 is 0 Å². The lowest BCUT2D eigenvalue weighted by Gasteiger charge is -2.01. The van der Waals surface area contributed by atoms with Gasteiger partial charge in [0.15, 0.2) is 0 Å². The zero-order valence-corrected chi connectivity index (χ0v) is 12.0. The van der Waals surface area contributed by atoms with Gasteiger partial charge in [-0.3, -0.25) is 0 Å². The molecule has 0 aromatic carbocycles. The Bertz CT molecular complexity index is 84.5. The summed E-state index contributed by atoms with van der Waals surface area (Å²) in [5, 5.41) is 0. The van der Waals surface area contributed by atoms with Crippen LogP contribution in [-0.4, -0.2) is 34.5 Å². The van der Waals surface area contributed by atoms with E-state index in [0.29, 0.717) is 0 Å². The van der Waals surface area contributed by atoms with Crippen LogP contribution in [0.1, 0.15) is 33.1 Å². The Labute approximate surface area is 103 Å². The van der Waals surface area contributed by atoms with E-state index in [0.717, 1.165) is 0 Å². The Kier molecular flexibility index (Phi) is 15.1. The summed E-state index contributed by atoms with van der Waals surface area (Å²) in [6.45, 7) is 4.50. The Balaban J connectivity index is 2.78. The zero-order valence-electron chi connectivity index (χ0n) is 9.59. The Morgan fingerprint density at radius 1 is 0.643 bits per heavy atom. The molecule has 0 aromatic heterocycles. The highest BCUT2D eigenvalue weighted by Gasteiger charge is 1.91. The molecule has 0 aromatic rings. The number of hydrogen-bond acceptors (Lipinski definition) is 3.